The highest BCUT2D eigenvalue weighted by atomic mass is 16.5. The Labute approximate surface area is 63.6 Å². The third-order valence-electron chi connectivity index (χ3n) is 1.96. The van der Waals surface area contributed by atoms with Gasteiger partial charge in [0.1, 0.15) is 0 Å². The predicted octanol–water partition coefficient (Wildman–Crippen LogP) is -0.182. The SMILES string of the molecule is O=c1[nH][nH]c2c1CCOCC2. The first kappa shape index (κ1) is 6.67. The molecule has 1 aliphatic heterocycles. The predicted molar refractivity (Wildman–Crippen MR) is 39.6 cm³/mol. The molecular weight excluding hydrogens is 144 g/mol. The lowest BCUT2D eigenvalue weighted by atomic mass is 10.2. The molecule has 0 aliphatic carbocycles. The summed E-state index contributed by atoms with van der Waals surface area (Å²) >= 11 is 0. The van der Waals surface area contributed by atoms with Gasteiger partial charge in [0.25, 0.3) is 5.56 Å². The highest BCUT2D eigenvalue weighted by molar-refractivity contribution is 5.17. The number of aromatic nitrogens is 2. The van der Waals surface area contributed by atoms with E-state index in [2.05, 4.69) is 10.2 Å². The van der Waals surface area contributed by atoms with Crippen molar-refractivity contribution in [3.05, 3.63) is 21.6 Å². The molecule has 0 aromatic carbocycles. The van der Waals surface area contributed by atoms with E-state index in [-0.39, 0.29) is 5.56 Å². The fourth-order valence-electron chi connectivity index (χ4n) is 1.35. The summed E-state index contributed by atoms with van der Waals surface area (Å²) < 4.78 is 5.22. The minimum Gasteiger partial charge on any atom is -0.381 e. The highest BCUT2D eigenvalue weighted by Gasteiger charge is 2.12. The molecule has 4 heteroatoms. The Balaban J connectivity index is 2.43. The van der Waals surface area contributed by atoms with Crippen LogP contribution in [0.3, 0.4) is 0 Å². The van der Waals surface area contributed by atoms with Gasteiger partial charge in [0.2, 0.25) is 0 Å². The second-order valence-electron chi connectivity index (χ2n) is 2.65. The monoisotopic (exact) mass is 154 g/mol. The molecule has 60 valence electrons. The second-order valence-corrected chi connectivity index (χ2v) is 2.65. The Morgan fingerprint density at radius 3 is 2.91 bits per heavy atom. The lowest BCUT2D eigenvalue weighted by molar-refractivity contribution is 0.145. The van der Waals surface area contributed by atoms with Gasteiger partial charge in [-0.05, 0) is 0 Å². The summed E-state index contributed by atoms with van der Waals surface area (Å²) in [5, 5.41) is 5.42. The molecule has 0 spiro atoms. The van der Waals surface area contributed by atoms with Crippen molar-refractivity contribution in [1.82, 2.24) is 10.2 Å². The first-order valence-electron chi connectivity index (χ1n) is 3.74. The molecule has 11 heavy (non-hydrogen) atoms. The van der Waals surface area contributed by atoms with E-state index in [4.69, 9.17) is 4.74 Å². The molecule has 1 aliphatic rings. The number of hydrogen-bond acceptors (Lipinski definition) is 2. The molecule has 2 heterocycles. The standard InChI is InChI=1S/C7H10N2O2/c10-7-5-1-3-11-4-2-6(5)8-9-7/h1-4H2,(H2,8,9,10). The van der Waals surface area contributed by atoms with Crippen LogP contribution in [0.2, 0.25) is 0 Å². The van der Waals surface area contributed by atoms with Crippen LogP contribution in [0.1, 0.15) is 11.3 Å². The Bertz CT molecular complexity index is 300. The number of rotatable bonds is 0. The minimum absolute atomic E-state index is 0.00509. The second kappa shape index (κ2) is 2.54. The summed E-state index contributed by atoms with van der Waals surface area (Å²) in [5.74, 6) is 0. The number of H-pyrrole nitrogens is 2. The van der Waals surface area contributed by atoms with Crippen molar-refractivity contribution in [3.8, 4) is 0 Å². The van der Waals surface area contributed by atoms with Gasteiger partial charge in [-0.2, -0.15) is 0 Å². The van der Waals surface area contributed by atoms with E-state index in [1.807, 2.05) is 0 Å². The maximum atomic E-state index is 11.1. The maximum Gasteiger partial charge on any atom is 0.267 e. The molecule has 0 saturated heterocycles. The van der Waals surface area contributed by atoms with Crippen molar-refractivity contribution < 1.29 is 4.74 Å². The Kier molecular flexibility index (Phi) is 1.54. The van der Waals surface area contributed by atoms with Crippen LogP contribution < -0.4 is 5.56 Å². The average molecular weight is 154 g/mol. The van der Waals surface area contributed by atoms with Gasteiger partial charge in [0.15, 0.2) is 0 Å². The first-order valence-corrected chi connectivity index (χ1v) is 3.74. The van der Waals surface area contributed by atoms with Crippen molar-refractivity contribution >= 4 is 0 Å². The van der Waals surface area contributed by atoms with Gasteiger partial charge in [-0.3, -0.25) is 9.89 Å². The molecule has 4 nitrogen and oxygen atoms in total. The Morgan fingerprint density at radius 1 is 1.18 bits per heavy atom. The van der Waals surface area contributed by atoms with Gasteiger partial charge in [-0.15, -0.1) is 0 Å². The number of hydrogen-bond donors (Lipinski definition) is 2. The Morgan fingerprint density at radius 2 is 2.00 bits per heavy atom. The number of ether oxygens (including phenoxy) is 1. The molecule has 0 saturated carbocycles. The zero-order valence-corrected chi connectivity index (χ0v) is 6.14. The van der Waals surface area contributed by atoms with Gasteiger partial charge in [0.05, 0.1) is 13.2 Å². The molecular formula is C7H10N2O2. The zero-order valence-electron chi connectivity index (χ0n) is 6.14. The van der Waals surface area contributed by atoms with Crippen molar-refractivity contribution in [2.75, 3.05) is 13.2 Å². The molecule has 0 atom stereocenters. The first-order chi connectivity index (χ1) is 5.38. The summed E-state index contributed by atoms with van der Waals surface area (Å²) in [4.78, 5) is 11.1. The smallest absolute Gasteiger partial charge is 0.267 e. The van der Waals surface area contributed by atoms with E-state index >= 15 is 0 Å². The van der Waals surface area contributed by atoms with Crippen LogP contribution in [0.15, 0.2) is 4.79 Å². The van der Waals surface area contributed by atoms with Gasteiger partial charge in [-0.25, -0.2) is 0 Å². The lowest BCUT2D eigenvalue weighted by Crippen LogP contribution is -2.07. The van der Waals surface area contributed by atoms with E-state index in [0.29, 0.717) is 13.2 Å². The van der Waals surface area contributed by atoms with Gasteiger partial charge in [0, 0.05) is 24.1 Å². The lowest BCUT2D eigenvalue weighted by Gasteiger charge is -1.93. The summed E-state index contributed by atoms with van der Waals surface area (Å²) in [6.07, 6.45) is 1.54. The maximum absolute atomic E-state index is 11.1. The van der Waals surface area contributed by atoms with Gasteiger partial charge < -0.3 is 9.84 Å². The van der Waals surface area contributed by atoms with E-state index < -0.39 is 0 Å². The topological polar surface area (TPSA) is 57.9 Å². The summed E-state index contributed by atoms with van der Waals surface area (Å²) in [6.45, 7) is 1.37. The van der Waals surface area contributed by atoms with Crippen molar-refractivity contribution in [1.29, 1.82) is 0 Å². The number of nitrogens with one attached hydrogen (secondary N) is 2. The van der Waals surface area contributed by atoms with Gasteiger partial charge >= 0.3 is 0 Å². The summed E-state index contributed by atoms with van der Waals surface area (Å²) in [5.41, 5.74) is 1.88. The molecule has 1 aromatic heterocycles. The van der Waals surface area contributed by atoms with Crippen LogP contribution in [-0.4, -0.2) is 23.4 Å². The average Bonchev–Trinajstić information content (AvgIpc) is 2.25. The molecule has 0 unspecified atom stereocenters. The van der Waals surface area contributed by atoms with E-state index in [9.17, 15) is 4.79 Å². The molecule has 2 N–H and O–H groups in total. The largest absolute Gasteiger partial charge is 0.381 e. The van der Waals surface area contributed by atoms with Crippen molar-refractivity contribution in [2.24, 2.45) is 0 Å². The number of fused-ring (bicyclic) bond motifs is 1. The Hall–Kier alpha value is -1.03. The third-order valence-corrected chi connectivity index (χ3v) is 1.96. The van der Waals surface area contributed by atoms with Crippen LogP contribution >= 0.6 is 0 Å². The van der Waals surface area contributed by atoms with E-state index in [1.165, 1.54) is 0 Å². The summed E-state index contributed by atoms with van der Waals surface area (Å²) in [7, 11) is 0. The molecule has 1 aromatic rings. The van der Waals surface area contributed by atoms with Crippen LogP contribution in [0, 0.1) is 0 Å². The van der Waals surface area contributed by atoms with Crippen molar-refractivity contribution in [2.45, 2.75) is 12.8 Å². The quantitative estimate of drug-likeness (QED) is 0.544. The normalized spacial score (nSPS) is 17.5. The van der Waals surface area contributed by atoms with Crippen LogP contribution in [0.25, 0.3) is 0 Å². The summed E-state index contributed by atoms with van der Waals surface area (Å²) in [6, 6.07) is 0. The molecule has 2 rings (SSSR count). The molecule has 0 fully saturated rings. The fraction of sp³-hybridized carbons (Fsp3) is 0.571. The minimum atomic E-state index is 0.00509. The fourth-order valence-corrected chi connectivity index (χ4v) is 1.35. The van der Waals surface area contributed by atoms with Crippen LogP contribution in [-0.2, 0) is 17.6 Å². The molecule has 0 bridgehead atoms. The third kappa shape index (κ3) is 1.09. The van der Waals surface area contributed by atoms with E-state index in [0.717, 1.165) is 24.1 Å². The number of aromatic amines is 2. The van der Waals surface area contributed by atoms with Crippen LogP contribution in [0.4, 0.5) is 0 Å². The van der Waals surface area contributed by atoms with Gasteiger partial charge in [-0.1, -0.05) is 0 Å². The van der Waals surface area contributed by atoms with E-state index in [1.54, 1.807) is 0 Å². The highest BCUT2D eigenvalue weighted by Crippen LogP contribution is 2.05. The zero-order chi connectivity index (χ0) is 7.68. The molecule has 0 radical (unpaired) electrons. The molecule has 0 amide bonds. The van der Waals surface area contributed by atoms with Crippen molar-refractivity contribution in [3.63, 3.8) is 0 Å². The van der Waals surface area contributed by atoms with Crippen LogP contribution in [0.5, 0.6) is 0 Å².